The Morgan fingerprint density at radius 1 is 1.11 bits per heavy atom. The van der Waals surface area contributed by atoms with Gasteiger partial charge in [-0.15, -0.1) is 0 Å². The van der Waals surface area contributed by atoms with Crippen molar-refractivity contribution in [3.63, 3.8) is 0 Å². The Morgan fingerprint density at radius 3 is 2.39 bits per heavy atom. The van der Waals surface area contributed by atoms with Crippen LogP contribution in [0.15, 0.2) is 18.2 Å². The zero-order chi connectivity index (χ0) is 13.5. The first-order valence-corrected chi connectivity index (χ1v) is 6.49. The molecule has 3 nitrogen and oxygen atoms in total. The summed E-state index contributed by atoms with van der Waals surface area (Å²) in [5, 5.41) is 10.2. The average Bonchev–Trinajstić information content (AvgIpc) is 2.36. The summed E-state index contributed by atoms with van der Waals surface area (Å²) in [5.74, 6) is 1.97. The summed E-state index contributed by atoms with van der Waals surface area (Å²) in [6.07, 6.45) is 2.40. The second kappa shape index (κ2) is 7.27. The highest BCUT2D eigenvalue weighted by Gasteiger charge is 2.16. The molecule has 1 rings (SSSR count). The van der Waals surface area contributed by atoms with E-state index >= 15 is 0 Å². The van der Waals surface area contributed by atoms with Gasteiger partial charge in [0.25, 0.3) is 0 Å². The van der Waals surface area contributed by atoms with E-state index in [-0.39, 0.29) is 0 Å². The maximum Gasteiger partial charge on any atom is 0.166 e. The number of hydrogen-bond acceptors (Lipinski definition) is 3. The number of methoxy groups -OCH3 is 2. The van der Waals surface area contributed by atoms with Crippen LogP contribution in [0.1, 0.15) is 44.8 Å². The van der Waals surface area contributed by atoms with Crippen molar-refractivity contribution >= 4 is 0 Å². The predicted molar refractivity (Wildman–Crippen MR) is 73.2 cm³/mol. The highest BCUT2D eigenvalue weighted by atomic mass is 16.5. The van der Waals surface area contributed by atoms with E-state index in [4.69, 9.17) is 9.47 Å². The smallest absolute Gasteiger partial charge is 0.166 e. The highest BCUT2D eigenvalue weighted by molar-refractivity contribution is 5.47. The first-order chi connectivity index (χ1) is 8.60. The van der Waals surface area contributed by atoms with Gasteiger partial charge in [0.15, 0.2) is 11.5 Å². The molecule has 0 saturated carbocycles. The van der Waals surface area contributed by atoms with E-state index in [2.05, 4.69) is 13.8 Å². The minimum absolute atomic E-state index is 0.492. The molecule has 0 aliphatic heterocycles. The molecule has 0 heterocycles. The van der Waals surface area contributed by atoms with Gasteiger partial charge >= 0.3 is 0 Å². The maximum absolute atomic E-state index is 10.2. The van der Waals surface area contributed by atoms with Crippen LogP contribution >= 0.6 is 0 Å². The summed E-state index contributed by atoms with van der Waals surface area (Å²) in [5.41, 5.74) is 0.806. The molecule has 0 aliphatic carbocycles. The molecule has 1 N–H and O–H groups in total. The molecule has 1 aromatic rings. The monoisotopic (exact) mass is 252 g/mol. The molecule has 0 aliphatic rings. The summed E-state index contributed by atoms with van der Waals surface area (Å²) in [6.45, 7) is 4.39. The summed E-state index contributed by atoms with van der Waals surface area (Å²) in [7, 11) is 3.20. The lowest BCUT2D eigenvalue weighted by molar-refractivity contribution is 0.157. The van der Waals surface area contributed by atoms with Crippen molar-refractivity contribution in [2.24, 2.45) is 5.92 Å². The zero-order valence-corrected chi connectivity index (χ0v) is 11.8. The number of aliphatic hydroxyl groups excluding tert-OH is 1. The average molecular weight is 252 g/mol. The van der Waals surface area contributed by atoms with Crippen molar-refractivity contribution in [2.75, 3.05) is 14.2 Å². The second-order valence-corrected chi connectivity index (χ2v) is 4.92. The third-order valence-corrected chi connectivity index (χ3v) is 3.05. The van der Waals surface area contributed by atoms with Gasteiger partial charge in [0, 0.05) is 5.56 Å². The number of rotatable bonds is 7. The molecule has 0 aromatic heterocycles. The maximum atomic E-state index is 10.2. The zero-order valence-electron chi connectivity index (χ0n) is 11.8. The normalized spacial score (nSPS) is 12.6. The van der Waals surface area contributed by atoms with Gasteiger partial charge in [-0.1, -0.05) is 38.8 Å². The molecule has 102 valence electrons. The van der Waals surface area contributed by atoms with Crippen LogP contribution in [0.2, 0.25) is 0 Å². The van der Waals surface area contributed by atoms with Crippen LogP contribution in [-0.2, 0) is 0 Å². The number of benzene rings is 1. The summed E-state index contributed by atoms with van der Waals surface area (Å²) in [4.78, 5) is 0. The first kappa shape index (κ1) is 14.8. The number of para-hydroxylation sites is 1. The van der Waals surface area contributed by atoms with Gasteiger partial charge in [0.1, 0.15) is 0 Å². The number of aliphatic hydroxyl groups is 1. The third-order valence-electron chi connectivity index (χ3n) is 3.05. The van der Waals surface area contributed by atoms with Crippen molar-refractivity contribution in [2.45, 2.75) is 39.2 Å². The number of ether oxygens (including phenoxy) is 2. The molecule has 1 aromatic carbocycles. The Bertz CT molecular complexity index is 361. The largest absolute Gasteiger partial charge is 0.493 e. The van der Waals surface area contributed by atoms with Crippen molar-refractivity contribution in [1.82, 2.24) is 0 Å². The van der Waals surface area contributed by atoms with E-state index in [9.17, 15) is 5.11 Å². The second-order valence-electron chi connectivity index (χ2n) is 4.92. The van der Waals surface area contributed by atoms with Crippen molar-refractivity contribution in [3.05, 3.63) is 23.8 Å². The van der Waals surface area contributed by atoms with E-state index in [1.165, 1.54) is 0 Å². The summed E-state index contributed by atoms with van der Waals surface area (Å²) < 4.78 is 10.6. The lowest BCUT2D eigenvalue weighted by Crippen LogP contribution is -2.03. The van der Waals surface area contributed by atoms with Crippen LogP contribution in [0.3, 0.4) is 0 Å². The van der Waals surface area contributed by atoms with E-state index in [1.54, 1.807) is 14.2 Å². The fourth-order valence-corrected chi connectivity index (χ4v) is 2.05. The van der Waals surface area contributed by atoms with E-state index < -0.39 is 6.10 Å². The minimum atomic E-state index is -0.492. The van der Waals surface area contributed by atoms with Crippen LogP contribution in [-0.4, -0.2) is 19.3 Å². The Labute approximate surface area is 110 Å². The molecule has 0 saturated heterocycles. The first-order valence-electron chi connectivity index (χ1n) is 6.49. The molecule has 0 amide bonds. The molecule has 1 atom stereocenters. The third kappa shape index (κ3) is 3.91. The Balaban J connectivity index is 2.75. The fourth-order valence-electron chi connectivity index (χ4n) is 2.05. The molecule has 0 bridgehead atoms. The van der Waals surface area contributed by atoms with E-state index in [0.717, 1.165) is 24.8 Å². The standard InChI is InChI=1S/C15H24O3/c1-11(2)7-5-9-13(16)12-8-6-10-14(17-3)15(12)18-4/h6,8,10-11,13,16H,5,7,9H2,1-4H3. The van der Waals surface area contributed by atoms with Crippen LogP contribution in [0.25, 0.3) is 0 Å². The van der Waals surface area contributed by atoms with Gasteiger partial charge in [0.2, 0.25) is 0 Å². The van der Waals surface area contributed by atoms with E-state index in [0.29, 0.717) is 17.4 Å². The molecular formula is C15H24O3. The molecule has 18 heavy (non-hydrogen) atoms. The van der Waals surface area contributed by atoms with Gasteiger partial charge < -0.3 is 14.6 Å². The minimum Gasteiger partial charge on any atom is -0.493 e. The quantitative estimate of drug-likeness (QED) is 0.806. The Morgan fingerprint density at radius 2 is 1.83 bits per heavy atom. The Hall–Kier alpha value is -1.22. The summed E-state index contributed by atoms with van der Waals surface area (Å²) >= 11 is 0. The summed E-state index contributed by atoms with van der Waals surface area (Å²) in [6, 6.07) is 5.60. The lowest BCUT2D eigenvalue weighted by atomic mass is 9.99. The molecule has 1 unspecified atom stereocenters. The van der Waals surface area contributed by atoms with Gasteiger partial charge in [0.05, 0.1) is 20.3 Å². The van der Waals surface area contributed by atoms with Gasteiger partial charge in [-0.25, -0.2) is 0 Å². The van der Waals surface area contributed by atoms with Crippen molar-refractivity contribution in [3.8, 4) is 11.5 Å². The molecular weight excluding hydrogens is 228 g/mol. The van der Waals surface area contributed by atoms with Crippen LogP contribution in [0.4, 0.5) is 0 Å². The Kier molecular flexibility index (Phi) is 5.99. The fraction of sp³-hybridized carbons (Fsp3) is 0.600. The highest BCUT2D eigenvalue weighted by Crippen LogP contribution is 2.36. The van der Waals surface area contributed by atoms with Gasteiger partial charge in [-0.05, 0) is 18.4 Å². The van der Waals surface area contributed by atoms with Gasteiger partial charge in [-0.2, -0.15) is 0 Å². The number of hydrogen-bond donors (Lipinski definition) is 1. The van der Waals surface area contributed by atoms with Gasteiger partial charge in [-0.3, -0.25) is 0 Å². The van der Waals surface area contributed by atoms with Crippen LogP contribution in [0.5, 0.6) is 11.5 Å². The topological polar surface area (TPSA) is 38.7 Å². The van der Waals surface area contributed by atoms with Crippen molar-refractivity contribution < 1.29 is 14.6 Å². The molecule has 0 fully saturated rings. The SMILES string of the molecule is COc1cccc(C(O)CCCC(C)C)c1OC. The molecule has 0 spiro atoms. The van der Waals surface area contributed by atoms with Crippen molar-refractivity contribution in [1.29, 1.82) is 0 Å². The van der Waals surface area contributed by atoms with Crippen LogP contribution in [0, 0.1) is 5.92 Å². The predicted octanol–water partition coefficient (Wildman–Crippen LogP) is 3.56. The lowest BCUT2D eigenvalue weighted by Gasteiger charge is -2.17. The molecule has 0 radical (unpaired) electrons. The molecule has 3 heteroatoms. The van der Waals surface area contributed by atoms with Crippen LogP contribution < -0.4 is 9.47 Å². The van der Waals surface area contributed by atoms with E-state index in [1.807, 2.05) is 18.2 Å².